The summed E-state index contributed by atoms with van der Waals surface area (Å²) in [4.78, 5) is 18.5. The fourth-order valence-electron chi connectivity index (χ4n) is 2.08. The molecule has 0 unspecified atom stereocenters. The number of H-pyrrole nitrogens is 1. The highest BCUT2D eigenvalue weighted by Gasteiger charge is 2.11. The number of carbonyl (C=O) groups excluding carboxylic acids is 1. The smallest absolute Gasteiger partial charge is 0.354 e. The van der Waals surface area contributed by atoms with Gasteiger partial charge in [0.1, 0.15) is 17.2 Å². The number of hydrogen-bond donors (Lipinski definition) is 1. The molecule has 2 aromatic heterocycles. The summed E-state index contributed by atoms with van der Waals surface area (Å²) in [6.45, 7) is 0. The number of hydrogen-bond acceptors (Lipinski definition) is 3. The van der Waals surface area contributed by atoms with Crippen LogP contribution in [0.1, 0.15) is 10.5 Å². The first-order valence-electron chi connectivity index (χ1n) is 6.01. The first-order valence-corrected chi connectivity index (χ1v) is 6.01. The molecule has 0 aliphatic carbocycles. The van der Waals surface area contributed by atoms with Gasteiger partial charge in [0.2, 0.25) is 0 Å². The maximum absolute atomic E-state index is 13.8. The molecule has 0 saturated carbocycles. The van der Waals surface area contributed by atoms with E-state index >= 15 is 0 Å². The molecule has 1 aromatic carbocycles. The molecule has 0 aliphatic heterocycles. The van der Waals surface area contributed by atoms with E-state index < -0.39 is 5.97 Å². The van der Waals surface area contributed by atoms with Crippen molar-refractivity contribution in [1.82, 2.24) is 9.97 Å². The van der Waals surface area contributed by atoms with E-state index in [1.807, 2.05) is 0 Å². The predicted molar refractivity (Wildman–Crippen MR) is 72.8 cm³/mol. The van der Waals surface area contributed by atoms with Crippen LogP contribution in [0.15, 0.2) is 42.6 Å². The van der Waals surface area contributed by atoms with E-state index in [0.29, 0.717) is 22.5 Å². The van der Waals surface area contributed by atoms with Crippen LogP contribution in [0.2, 0.25) is 0 Å². The molecule has 0 saturated heterocycles. The van der Waals surface area contributed by atoms with Gasteiger partial charge in [0.15, 0.2) is 0 Å². The lowest BCUT2D eigenvalue weighted by Crippen LogP contribution is -2.00. The van der Waals surface area contributed by atoms with Crippen molar-refractivity contribution in [2.75, 3.05) is 7.11 Å². The van der Waals surface area contributed by atoms with Gasteiger partial charge in [0, 0.05) is 22.7 Å². The Kier molecular flexibility index (Phi) is 2.95. The molecule has 100 valence electrons. The third kappa shape index (κ3) is 2.03. The van der Waals surface area contributed by atoms with E-state index in [2.05, 4.69) is 14.7 Å². The fourth-order valence-corrected chi connectivity index (χ4v) is 2.08. The molecule has 3 aromatic rings. The maximum atomic E-state index is 13.8. The van der Waals surface area contributed by atoms with Crippen LogP contribution in [0, 0.1) is 5.82 Å². The van der Waals surface area contributed by atoms with Crippen molar-refractivity contribution in [2.45, 2.75) is 0 Å². The lowest BCUT2D eigenvalue weighted by Gasteiger charge is -2.02. The zero-order valence-electron chi connectivity index (χ0n) is 10.7. The van der Waals surface area contributed by atoms with Crippen molar-refractivity contribution in [3.8, 4) is 11.1 Å². The molecule has 1 N–H and O–H groups in total. The monoisotopic (exact) mass is 270 g/mol. The Hall–Kier alpha value is -2.69. The third-order valence-corrected chi connectivity index (χ3v) is 3.06. The Morgan fingerprint density at radius 2 is 2.10 bits per heavy atom. The van der Waals surface area contributed by atoms with Crippen LogP contribution < -0.4 is 0 Å². The van der Waals surface area contributed by atoms with Gasteiger partial charge in [-0.2, -0.15) is 0 Å². The summed E-state index contributed by atoms with van der Waals surface area (Å²) < 4.78 is 18.4. The highest BCUT2D eigenvalue weighted by Crippen LogP contribution is 2.25. The number of pyridine rings is 1. The van der Waals surface area contributed by atoms with Gasteiger partial charge in [0.25, 0.3) is 0 Å². The Bertz CT molecular complexity index is 795. The van der Waals surface area contributed by atoms with Gasteiger partial charge in [0.05, 0.1) is 7.11 Å². The third-order valence-electron chi connectivity index (χ3n) is 3.06. The molecule has 0 atom stereocenters. The summed E-state index contributed by atoms with van der Waals surface area (Å²) in [5.41, 5.74) is 2.01. The molecule has 2 heterocycles. The summed E-state index contributed by atoms with van der Waals surface area (Å²) >= 11 is 0. The number of aromatic amines is 1. The highest BCUT2D eigenvalue weighted by molar-refractivity contribution is 5.94. The fraction of sp³-hybridized carbons (Fsp3) is 0.0667. The molecule has 0 spiro atoms. The minimum absolute atomic E-state index is 0.308. The summed E-state index contributed by atoms with van der Waals surface area (Å²) in [7, 11) is 1.31. The van der Waals surface area contributed by atoms with Crippen LogP contribution in [0.3, 0.4) is 0 Å². The lowest BCUT2D eigenvalue weighted by atomic mass is 10.1. The standard InChI is InChI=1S/C15H11FN2O2/c1-20-15(19)13-7-9-6-10(8-17-14(9)18-13)11-4-2-3-5-12(11)16/h2-8H,1H3,(H,17,18). The van der Waals surface area contributed by atoms with Crippen molar-refractivity contribution >= 4 is 17.0 Å². The minimum atomic E-state index is -0.463. The number of aromatic nitrogens is 2. The SMILES string of the molecule is COC(=O)c1cc2cc(-c3ccccc3F)cnc2[nH]1. The largest absolute Gasteiger partial charge is 0.464 e. The first kappa shape index (κ1) is 12.3. The second kappa shape index (κ2) is 4.77. The summed E-state index contributed by atoms with van der Waals surface area (Å²) in [6, 6.07) is 9.90. The second-order valence-electron chi connectivity index (χ2n) is 4.32. The average Bonchev–Trinajstić information content (AvgIpc) is 2.90. The van der Waals surface area contributed by atoms with Crippen LogP contribution in [-0.2, 0) is 4.74 Å². The number of carbonyl (C=O) groups is 1. The average molecular weight is 270 g/mol. The van der Waals surface area contributed by atoms with Crippen LogP contribution in [-0.4, -0.2) is 23.0 Å². The molecule has 0 fully saturated rings. The summed E-state index contributed by atoms with van der Waals surface area (Å²) in [5.74, 6) is -0.771. The zero-order chi connectivity index (χ0) is 14.1. The number of fused-ring (bicyclic) bond motifs is 1. The molecule has 20 heavy (non-hydrogen) atoms. The number of halogens is 1. The summed E-state index contributed by atoms with van der Waals surface area (Å²) in [5, 5.41) is 0.728. The van der Waals surface area contributed by atoms with Crippen molar-refractivity contribution in [2.24, 2.45) is 0 Å². The Balaban J connectivity index is 2.11. The van der Waals surface area contributed by atoms with Crippen LogP contribution in [0.5, 0.6) is 0 Å². The van der Waals surface area contributed by atoms with E-state index in [1.165, 1.54) is 13.2 Å². The van der Waals surface area contributed by atoms with Crippen LogP contribution in [0.4, 0.5) is 4.39 Å². The number of esters is 1. The molecule has 0 bridgehead atoms. The topological polar surface area (TPSA) is 55.0 Å². The number of nitrogens with zero attached hydrogens (tertiary/aromatic N) is 1. The van der Waals surface area contributed by atoms with Gasteiger partial charge >= 0.3 is 5.97 Å². The molecular formula is C15H11FN2O2. The van der Waals surface area contributed by atoms with E-state index in [1.54, 1.807) is 36.5 Å². The van der Waals surface area contributed by atoms with Gasteiger partial charge in [-0.05, 0) is 18.2 Å². The molecule has 0 aliphatic rings. The Labute approximate surface area is 114 Å². The van der Waals surface area contributed by atoms with Gasteiger partial charge in [-0.25, -0.2) is 14.2 Å². The van der Waals surface area contributed by atoms with Crippen molar-refractivity contribution < 1.29 is 13.9 Å². The van der Waals surface area contributed by atoms with Gasteiger partial charge < -0.3 is 9.72 Å². The molecule has 3 rings (SSSR count). The number of methoxy groups -OCH3 is 1. The summed E-state index contributed by atoms with van der Waals surface area (Å²) in [6.07, 6.45) is 1.57. The lowest BCUT2D eigenvalue weighted by molar-refractivity contribution is 0.0595. The minimum Gasteiger partial charge on any atom is -0.464 e. The number of ether oxygens (including phenoxy) is 1. The Morgan fingerprint density at radius 1 is 1.30 bits per heavy atom. The highest BCUT2D eigenvalue weighted by atomic mass is 19.1. The number of benzene rings is 1. The molecule has 5 heteroatoms. The van der Waals surface area contributed by atoms with Crippen molar-refractivity contribution in [3.63, 3.8) is 0 Å². The van der Waals surface area contributed by atoms with E-state index in [9.17, 15) is 9.18 Å². The van der Waals surface area contributed by atoms with E-state index in [4.69, 9.17) is 0 Å². The quantitative estimate of drug-likeness (QED) is 0.728. The van der Waals surface area contributed by atoms with E-state index in [-0.39, 0.29) is 5.82 Å². The van der Waals surface area contributed by atoms with Crippen molar-refractivity contribution in [1.29, 1.82) is 0 Å². The van der Waals surface area contributed by atoms with E-state index in [0.717, 1.165) is 5.39 Å². The molecule has 0 amide bonds. The van der Waals surface area contributed by atoms with Crippen molar-refractivity contribution in [3.05, 3.63) is 54.1 Å². The van der Waals surface area contributed by atoms with Crippen LogP contribution >= 0.6 is 0 Å². The normalized spacial score (nSPS) is 10.7. The van der Waals surface area contributed by atoms with Gasteiger partial charge in [-0.1, -0.05) is 18.2 Å². The van der Waals surface area contributed by atoms with Crippen LogP contribution in [0.25, 0.3) is 22.2 Å². The van der Waals surface area contributed by atoms with Gasteiger partial charge in [-0.3, -0.25) is 0 Å². The Morgan fingerprint density at radius 3 is 2.85 bits per heavy atom. The molecule has 4 nitrogen and oxygen atoms in total. The number of rotatable bonds is 2. The zero-order valence-corrected chi connectivity index (χ0v) is 10.7. The number of nitrogens with one attached hydrogen (secondary N) is 1. The maximum Gasteiger partial charge on any atom is 0.354 e. The molecular weight excluding hydrogens is 259 g/mol. The first-order chi connectivity index (χ1) is 9.69. The second-order valence-corrected chi connectivity index (χ2v) is 4.32. The molecule has 0 radical (unpaired) electrons. The van der Waals surface area contributed by atoms with Gasteiger partial charge in [-0.15, -0.1) is 0 Å². The predicted octanol–water partition coefficient (Wildman–Crippen LogP) is 3.16.